The second-order valence-corrected chi connectivity index (χ2v) is 7.89. The van der Waals surface area contributed by atoms with Crippen LogP contribution in [0.3, 0.4) is 0 Å². The van der Waals surface area contributed by atoms with E-state index in [1.54, 1.807) is 31.2 Å². The molecule has 0 radical (unpaired) electrons. The number of esters is 1. The van der Waals surface area contributed by atoms with Gasteiger partial charge in [-0.1, -0.05) is 24.1 Å². The van der Waals surface area contributed by atoms with E-state index in [2.05, 4.69) is 9.88 Å². The number of nitrogens with one attached hydrogen (secondary N) is 1. The van der Waals surface area contributed by atoms with E-state index in [0.29, 0.717) is 28.6 Å². The molecule has 160 valence electrons. The summed E-state index contributed by atoms with van der Waals surface area (Å²) in [4.78, 5) is 29.9. The van der Waals surface area contributed by atoms with Crippen LogP contribution < -0.4 is 5.32 Å². The molecule has 7 heteroatoms. The Morgan fingerprint density at radius 1 is 1.13 bits per heavy atom. The maximum Gasteiger partial charge on any atom is 0.338 e. The topological polar surface area (TPSA) is 73.2 Å². The number of benzene rings is 2. The molecule has 1 amide bonds. The lowest BCUT2D eigenvalue weighted by Gasteiger charge is -2.09. The van der Waals surface area contributed by atoms with Gasteiger partial charge in [0.2, 0.25) is 0 Å². The molecule has 6 nitrogen and oxygen atoms in total. The molecule has 4 rings (SSSR count). The SMILES string of the molecule is CCOC(=O)c1cccc(NC(=O)c2nc(-c3ccc(Cl)cc3)n3c2CCCCC3)c1. The van der Waals surface area contributed by atoms with Crippen LogP contribution in [0.5, 0.6) is 0 Å². The number of carbonyl (C=O) groups is 2. The first-order chi connectivity index (χ1) is 15.1. The highest BCUT2D eigenvalue weighted by Gasteiger charge is 2.24. The summed E-state index contributed by atoms with van der Waals surface area (Å²) in [5.74, 6) is 0.0744. The van der Waals surface area contributed by atoms with Crippen molar-refractivity contribution >= 4 is 29.2 Å². The molecule has 0 fully saturated rings. The van der Waals surface area contributed by atoms with Gasteiger partial charge in [0.25, 0.3) is 5.91 Å². The molecule has 0 saturated heterocycles. The standard InChI is InChI=1S/C24H24ClN3O3/c1-2-31-24(30)17-7-6-8-19(15-17)26-23(29)21-20-9-4-3-5-14-28(20)22(27-21)16-10-12-18(25)13-11-16/h6-8,10-13,15H,2-5,9,14H2,1H3,(H,26,29). The highest BCUT2D eigenvalue weighted by Crippen LogP contribution is 2.28. The van der Waals surface area contributed by atoms with E-state index >= 15 is 0 Å². The van der Waals surface area contributed by atoms with E-state index in [1.165, 1.54) is 0 Å². The van der Waals surface area contributed by atoms with Crippen molar-refractivity contribution in [3.63, 3.8) is 0 Å². The van der Waals surface area contributed by atoms with Crippen LogP contribution in [0.4, 0.5) is 5.69 Å². The lowest BCUT2D eigenvalue weighted by molar-refractivity contribution is 0.0526. The van der Waals surface area contributed by atoms with Gasteiger partial charge in [-0.05, 0) is 68.7 Å². The first kappa shape index (κ1) is 21.1. The van der Waals surface area contributed by atoms with Crippen LogP contribution in [-0.4, -0.2) is 28.0 Å². The Bertz CT molecular complexity index is 1110. The van der Waals surface area contributed by atoms with Gasteiger partial charge in [-0.3, -0.25) is 4.79 Å². The van der Waals surface area contributed by atoms with Crippen molar-refractivity contribution in [1.82, 2.24) is 9.55 Å². The van der Waals surface area contributed by atoms with Crippen LogP contribution in [0.1, 0.15) is 52.7 Å². The number of rotatable bonds is 5. The highest BCUT2D eigenvalue weighted by molar-refractivity contribution is 6.30. The molecular weight excluding hydrogens is 414 g/mol. The summed E-state index contributed by atoms with van der Waals surface area (Å²) < 4.78 is 7.20. The molecule has 3 aromatic rings. The Morgan fingerprint density at radius 2 is 1.94 bits per heavy atom. The molecule has 0 bridgehead atoms. The third kappa shape index (κ3) is 4.64. The minimum atomic E-state index is -0.417. The number of nitrogens with zero attached hydrogens (tertiary/aromatic N) is 2. The van der Waals surface area contributed by atoms with Gasteiger partial charge in [0.15, 0.2) is 0 Å². The van der Waals surface area contributed by atoms with Crippen LogP contribution in [0.25, 0.3) is 11.4 Å². The number of fused-ring (bicyclic) bond motifs is 1. The summed E-state index contributed by atoms with van der Waals surface area (Å²) in [6.45, 7) is 2.88. The minimum absolute atomic E-state index is 0.285. The number of amides is 1. The van der Waals surface area contributed by atoms with Crippen LogP contribution in [0.2, 0.25) is 5.02 Å². The monoisotopic (exact) mass is 437 g/mol. The molecule has 1 aliphatic rings. The lowest BCUT2D eigenvalue weighted by atomic mass is 10.1. The van der Waals surface area contributed by atoms with Crippen LogP contribution in [0.15, 0.2) is 48.5 Å². The van der Waals surface area contributed by atoms with E-state index in [1.807, 2.05) is 24.3 Å². The minimum Gasteiger partial charge on any atom is -0.462 e. The summed E-state index contributed by atoms with van der Waals surface area (Å²) in [6.07, 6.45) is 3.98. The zero-order chi connectivity index (χ0) is 21.8. The van der Waals surface area contributed by atoms with E-state index in [-0.39, 0.29) is 5.91 Å². The summed E-state index contributed by atoms with van der Waals surface area (Å²) >= 11 is 6.05. The van der Waals surface area contributed by atoms with Crippen LogP contribution in [-0.2, 0) is 17.7 Å². The number of hydrogen-bond acceptors (Lipinski definition) is 4. The van der Waals surface area contributed by atoms with Gasteiger partial charge in [0.05, 0.1) is 17.9 Å². The fourth-order valence-corrected chi connectivity index (χ4v) is 3.98. The van der Waals surface area contributed by atoms with Gasteiger partial charge >= 0.3 is 5.97 Å². The van der Waals surface area contributed by atoms with Gasteiger partial charge in [0.1, 0.15) is 11.5 Å². The maximum atomic E-state index is 13.2. The third-order valence-corrected chi connectivity index (χ3v) is 5.57. The first-order valence-corrected chi connectivity index (χ1v) is 10.9. The van der Waals surface area contributed by atoms with Gasteiger partial charge in [-0.25, -0.2) is 9.78 Å². The zero-order valence-corrected chi connectivity index (χ0v) is 18.1. The highest BCUT2D eigenvalue weighted by atomic mass is 35.5. The van der Waals surface area contributed by atoms with E-state index < -0.39 is 5.97 Å². The Balaban J connectivity index is 1.66. The molecular formula is C24H24ClN3O3. The fourth-order valence-electron chi connectivity index (χ4n) is 3.85. The molecule has 1 aliphatic heterocycles. The molecule has 0 atom stereocenters. The van der Waals surface area contributed by atoms with Crippen molar-refractivity contribution in [2.45, 2.75) is 39.2 Å². The molecule has 2 heterocycles. The average molecular weight is 438 g/mol. The second-order valence-electron chi connectivity index (χ2n) is 7.46. The fraction of sp³-hybridized carbons (Fsp3) is 0.292. The Labute approximate surface area is 186 Å². The number of halogens is 1. The van der Waals surface area contributed by atoms with Crippen molar-refractivity contribution in [3.05, 3.63) is 70.5 Å². The average Bonchev–Trinajstić information content (AvgIpc) is 2.96. The number of anilines is 1. The van der Waals surface area contributed by atoms with Crippen molar-refractivity contribution in [2.24, 2.45) is 0 Å². The normalized spacial score (nSPS) is 13.2. The van der Waals surface area contributed by atoms with Gasteiger partial charge in [-0.2, -0.15) is 0 Å². The summed E-state index contributed by atoms with van der Waals surface area (Å²) in [5, 5.41) is 3.55. The van der Waals surface area contributed by atoms with Gasteiger partial charge in [0, 0.05) is 22.8 Å². The van der Waals surface area contributed by atoms with Gasteiger partial charge < -0.3 is 14.6 Å². The maximum absolute atomic E-state index is 13.2. The molecule has 0 spiro atoms. The Morgan fingerprint density at radius 3 is 2.71 bits per heavy atom. The molecule has 1 N–H and O–H groups in total. The number of carbonyl (C=O) groups excluding carboxylic acids is 2. The molecule has 0 aliphatic carbocycles. The quantitative estimate of drug-likeness (QED) is 0.545. The van der Waals surface area contributed by atoms with Crippen molar-refractivity contribution < 1.29 is 14.3 Å². The predicted octanol–water partition coefficient (Wildman–Crippen LogP) is 5.36. The zero-order valence-electron chi connectivity index (χ0n) is 17.4. The van der Waals surface area contributed by atoms with E-state index in [9.17, 15) is 9.59 Å². The van der Waals surface area contributed by atoms with Crippen molar-refractivity contribution in [3.8, 4) is 11.4 Å². The molecule has 1 aromatic heterocycles. The number of imidazole rings is 1. The van der Waals surface area contributed by atoms with E-state index in [4.69, 9.17) is 21.3 Å². The van der Waals surface area contributed by atoms with E-state index in [0.717, 1.165) is 49.3 Å². The van der Waals surface area contributed by atoms with Crippen molar-refractivity contribution in [1.29, 1.82) is 0 Å². The number of hydrogen-bond donors (Lipinski definition) is 1. The van der Waals surface area contributed by atoms with Crippen LogP contribution in [0, 0.1) is 0 Å². The van der Waals surface area contributed by atoms with Crippen LogP contribution >= 0.6 is 11.6 Å². The largest absolute Gasteiger partial charge is 0.462 e. The first-order valence-electron chi connectivity index (χ1n) is 10.5. The smallest absolute Gasteiger partial charge is 0.338 e. The lowest BCUT2D eigenvalue weighted by Crippen LogP contribution is -2.16. The predicted molar refractivity (Wildman–Crippen MR) is 121 cm³/mol. The van der Waals surface area contributed by atoms with Crippen molar-refractivity contribution in [2.75, 3.05) is 11.9 Å². The molecule has 2 aromatic carbocycles. The number of ether oxygens (including phenoxy) is 1. The molecule has 0 unspecified atom stereocenters. The molecule has 31 heavy (non-hydrogen) atoms. The van der Waals surface area contributed by atoms with Gasteiger partial charge in [-0.15, -0.1) is 0 Å². The number of aromatic nitrogens is 2. The second kappa shape index (κ2) is 9.35. The Kier molecular flexibility index (Phi) is 6.37. The summed E-state index contributed by atoms with van der Waals surface area (Å²) in [5.41, 5.74) is 3.22. The third-order valence-electron chi connectivity index (χ3n) is 5.32. The summed E-state index contributed by atoms with van der Waals surface area (Å²) in [6, 6.07) is 14.2. The molecule has 0 saturated carbocycles. The summed E-state index contributed by atoms with van der Waals surface area (Å²) in [7, 11) is 0. The Hall–Kier alpha value is -3.12.